The third kappa shape index (κ3) is 3.74. The molecule has 1 aromatic rings. The number of hydrogen-bond donors (Lipinski definition) is 0. The van der Waals surface area contributed by atoms with Gasteiger partial charge in [0.25, 0.3) is 0 Å². The van der Waals surface area contributed by atoms with Gasteiger partial charge < -0.3 is 0 Å². The van der Waals surface area contributed by atoms with Crippen molar-refractivity contribution in [3.63, 3.8) is 0 Å². The third-order valence-corrected chi connectivity index (χ3v) is 3.71. The summed E-state index contributed by atoms with van der Waals surface area (Å²) in [7, 11) is 1.81. The molecule has 1 aromatic heterocycles. The Morgan fingerprint density at radius 1 is 1.35 bits per heavy atom. The zero-order valence-corrected chi connectivity index (χ0v) is 11.9. The van der Waals surface area contributed by atoms with Crippen molar-refractivity contribution in [2.75, 3.05) is 11.9 Å². The number of nitrogens with zero attached hydrogens (tertiary/aromatic N) is 5. The van der Waals surface area contributed by atoms with Crippen LogP contribution in [0.1, 0.15) is 37.9 Å². The van der Waals surface area contributed by atoms with Crippen molar-refractivity contribution < 1.29 is 0 Å². The van der Waals surface area contributed by atoms with Crippen LogP contribution in [-0.2, 0) is 13.6 Å². The largest absolute Gasteiger partial charge is 0.292 e. The highest BCUT2D eigenvalue weighted by atomic mass is 79.9. The molecule has 6 heteroatoms. The SMILES string of the molecule is Cn1nnc(CN(CCBr)C2CCCCC2)n1. The van der Waals surface area contributed by atoms with Gasteiger partial charge in [0.15, 0.2) is 5.82 Å². The summed E-state index contributed by atoms with van der Waals surface area (Å²) in [4.78, 5) is 4.02. The molecule has 0 bridgehead atoms. The van der Waals surface area contributed by atoms with E-state index in [4.69, 9.17) is 0 Å². The third-order valence-electron chi connectivity index (χ3n) is 3.36. The lowest BCUT2D eigenvalue weighted by Crippen LogP contribution is -2.37. The smallest absolute Gasteiger partial charge is 0.188 e. The molecule has 1 saturated carbocycles. The standard InChI is InChI=1S/C11H20BrN5/c1-16-14-11(13-15-16)9-17(8-7-12)10-5-3-2-4-6-10/h10H,2-9H2,1H3. The number of hydrogen-bond acceptors (Lipinski definition) is 4. The highest BCUT2D eigenvalue weighted by Gasteiger charge is 2.21. The van der Waals surface area contributed by atoms with Crippen molar-refractivity contribution in [2.45, 2.75) is 44.7 Å². The molecule has 1 aliphatic rings. The minimum atomic E-state index is 0.699. The Morgan fingerprint density at radius 2 is 2.12 bits per heavy atom. The zero-order valence-electron chi connectivity index (χ0n) is 10.3. The van der Waals surface area contributed by atoms with Gasteiger partial charge >= 0.3 is 0 Å². The molecule has 1 aliphatic carbocycles. The van der Waals surface area contributed by atoms with E-state index in [1.807, 2.05) is 7.05 Å². The Labute approximate surface area is 111 Å². The van der Waals surface area contributed by atoms with E-state index in [1.165, 1.54) is 36.9 Å². The Morgan fingerprint density at radius 3 is 2.71 bits per heavy atom. The van der Waals surface area contributed by atoms with Gasteiger partial charge in [0, 0.05) is 17.9 Å². The second kappa shape index (κ2) is 6.44. The van der Waals surface area contributed by atoms with Crippen LogP contribution in [0.2, 0.25) is 0 Å². The molecule has 96 valence electrons. The Kier molecular flexibility index (Phi) is 4.91. The number of aryl methyl sites for hydroxylation is 1. The summed E-state index contributed by atoms with van der Waals surface area (Å²) in [5, 5.41) is 13.2. The van der Waals surface area contributed by atoms with Crippen molar-refractivity contribution in [1.29, 1.82) is 0 Å². The molecule has 1 fully saturated rings. The summed E-state index contributed by atoms with van der Waals surface area (Å²) in [6.45, 7) is 1.88. The predicted octanol–water partition coefficient (Wildman–Crippen LogP) is 1.74. The van der Waals surface area contributed by atoms with Crippen LogP contribution >= 0.6 is 15.9 Å². The molecule has 0 aliphatic heterocycles. The fourth-order valence-corrected chi connectivity index (χ4v) is 2.97. The fraction of sp³-hybridized carbons (Fsp3) is 0.909. The van der Waals surface area contributed by atoms with Gasteiger partial charge in [-0.15, -0.1) is 10.2 Å². The maximum Gasteiger partial charge on any atom is 0.188 e. The Hall–Kier alpha value is -0.490. The molecule has 5 nitrogen and oxygen atoms in total. The van der Waals surface area contributed by atoms with E-state index < -0.39 is 0 Å². The maximum atomic E-state index is 4.27. The first kappa shape index (κ1) is 13.0. The molecule has 0 saturated heterocycles. The molecule has 0 spiro atoms. The van der Waals surface area contributed by atoms with Crippen molar-refractivity contribution in [3.05, 3.63) is 5.82 Å². The van der Waals surface area contributed by atoms with Crippen LogP contribution in [0.25, 0.3) is 0 Å². The van der Waals surface area contributed by atoms with Gasteiger partial charge in [0.2, 0.25) is 0 Å². The molecule has 0 N–H and O–H groups in total. The first-order valence-corrected chi connectivity index (χ1v) is 7.44. The van der Waals surface area contributed by atoms with Crippen LogP contribution in [0.3, 0.4) is 0 Å². The Balaban J connectivity index is 1.95. The molecule has 0 amide bonds. The van der Waals surface area contributed by atoms with Crippen molar-refractivity contribution in [1.82, 2.24) is 25.1 Å². The van der Waals surface area contributed by atoms with E-state index >= 15 is 0 Å². The van der Waals surface area contributed by atoms with Crippen molar-refractivity contribution >= 4 is 15.9 Å². The van der Waals surface area contributed by atoms with Gasteiger partial charge in [0.05, 0.1) is 13.6 Å². The van der Waals surface area contributed by atoms with Crippen LogP contribution in [0, 0.1) is 0 Å². The number of rotatable bonds is 5. The number of alkyl halides is 1. The highest BCUT2D eigenvalue weighted by Crippen LogP contribution is 2.23. The summed E-state index contributed by atoms with van der Waals surface area (Å²) < 4.78 is 0. The normalized spacial score (nSPS) is 17.8. The fourth-order valence-electron chi connectivity index (χ4n) is 2.51. The number of halogens is 1. The number of aromatic nitrogens is 4. The van der Waals surface area contributed by atoms with Gasteiger partial charge in [-0.3, -0.25) is 4.90 Å². The van der Waals surface area contributed by atoms with Gasteiger partial charge in [-0.2, -0.15) is 4.80 Å². The zero-order chi connectivity index (χ0) is 12.1. The van der Waals surface area contributed by atoms with Crippen LogP contribution < -0.4 is 0 Å². The minimum Gasteiger partial charge on any atom is -0.292 e. The molecule has 17 heavy (non-hydrogen) atoms. The minimum absolute atomic E-state index is 0.699. The van der Waals surface area contributed by atoms with E-state index in [2.05, 4.69) is 36.2 Å². The highest BCUT2D eigenvalue weighted by molar-refractivity contribution is 9.09. The average Bonchev–Trinajstić information content (AvgIpc) is 2.75. The summed E-state index contributed by atoms with van der Waals surface area (Å²) in [5.41, 5.74) is 0. The predicted molar refractivity (Wildman–Crippen MR) is 69.9 cm³/mol. The lowest BCUT2D eigenvalue weighted by molar-refractivity contribution is 0.154. The first-order chi connectivity index (χ1) is 8.29. The lowest BCUT2D eigenvalue weighted by Gasteiger charge is -2.33. The molecule has 0 radical (unpaired) electrons. The molecular weight excluding hydrogens is 282 g/mol. The monoisotopic (exact) mass is 301 g/mol. The average molecular weight is 302 g/mol. The first-order valence-electron chi connectivity index (χ1n) is 6.32. The Bertz CT molecular complexity index is 334. The van der Waals surface area contributed by atoms with Gasteiger partial charge in [-0.25, -0.2) is 0 Å². The van der Waals surface area contributed by atoms with Crippen molar-refractivity contribution in [3.8, 4) is 0 Å². The molecular formula is C11H20BrN5. The van der Waals surface area contributed by atoms with E-state index in [1.54, 1.807) is 0 Å². The van der Waals surface area contributed by atoms with Crippen LogP contribution in [0.4, 0.5) is 0 Å². The lowest BCUT2D eigenvalue weighted by atomic mass is 9.94. The number of tetrazole rings is 1. The molecule has 0 atom stereocenters. The van der Waals surface area contributed by atoms with E-state index in [0.29, 0.717) is 6.04 Å². The summed E-state index contributed by atoms with van der Waals surface area (Å²) in [5.74, 6) is 0.832. The van der Waals surface area contributed by atoms with E-state index in [-0.39, 0.29) is 0 Å². The van der Waals surface area contributed by atoms with Crippen LogP contribution in [0.5, 0.6) is 0 Å². The van der Waals surface area contributed by atoms with Gasteiger partial charge in [0.1, 0.15) is 0 Å². The molecule has 2 rings (SSSR count). The maximum absolute atomic E-state index is 4.27. The second-order valence-corrected chi connectivity index (χ2v) is 5.44. The molecule has 0 aromatic carbocycles. The molecule has 0 unspecified atom stereocenters. The van der Waals surface area contributed by atoms with Crippen molar-refractivity contribution in [2.24, 2.45) is 7.05 Å². The van der Waals surface area contributed by atoms with E-state index in [9.17, 15) is 0 Å². The summed E-state index contributed by atoms with van der Waals surface area (Å²) in [6, 6.07) is 0.699. The van der Waals surface area contributed by atoms with Crippen LogP contribution in [0.15, 0.2) is 0 Å². The topological polar surface area (TPSA) is 46.8 Å². The van der Waals surface area contributed by atoms with Gasteiger partial charge in [-0.1, -0.05) is 35.2 Å². The summed E-state index contributed by atoms with van der Waals surface area (Å²) >= 11 is 3.53. The summed E-state index contributed by atoms with van der Waals surface area (Å²) in [6.07, 6.45) is 6.73. The second-order valence-electron chi connectivity index (χ2n) is 4.65. The van der Waals surface area contributed by atoms with Gasteiger partial charge in [-0.05, 0) is 18.1 Å². The van der Waals surface area contributed by atoms with E-state index in [0.717, 1.165) is 24.2 Å². The quantitative estimate of drug-likeness (QED) is 0.777. The molecule has 1 heterocycles. The van der Waals surface area contributed by atoms with Crippen LogP contribution in [-0.4, -0.2) is 43.0 Å².